The number of amides is 7. The highest BCUT2D eigenvalue weighted by molar-refractivity contribution is 6.32. The van der Waals surface area contributed by atoms with E-state index < -0.39 is 130 Å². The standard InChI is InChI=1S/C65H56Cl2N8O17/c66-39-13-27-2-7-46(39)91-49-21-33-22-50(59(49)83)92-47-8-4-31(20-40(47)67)58(82)57-65(89)73-56(64(88)69-42-26-75-11-9-29(42)10-12-75)38-24-35(77)25-45(80)52(38)37-19-30(3-6-43(37)78)53(61(85)74-57)71-63(87)55(33)72-62(86)54-32-17-34(76)23-36(18-32)90-48-15-28(1-5-44(48)79)16-51(81)68-41(14-27)60(84)70-54/h1-8,13,15,17-25,29,41-42,53-58,76-80,82-83H,9-12,14,16,26H2,(H,68,81)(H,69,88)(H,70,84)(H,71,87)(H,72,86)(H,73,89)(H,74,85)/t41-,42?,53-,54+,55-,56+,57+,58-/m1/s1. The Labute approximate surface area is 531 Å². The maximum absolute atomic E-state index is 15.9. The Morgan fingerprint density at radius 1 is 0.533 bits per heavy atom. The number of aromatic hydroxyl groups is 6. The van der Waals surface area contributed by atoms with E-state index in [4.69, 9.17) is 37.4 Å². The van der Waals surface area contributed by atoms with Crippen molar-refractivity contribution in [3.63, 3.8) is 0 Å². The number of nitrogens with one attached hydrogen (secondary N) is 7. The second-order valence-corrected chi connectivity index (χ2v) is 24.2. The van der Waals surface area contributed by atoms with Gasteiger partial charge in [-0.3, -0.25) is 33.6 Å². The quantitative estimate of drug-likeness (QED) is 0.0993. The average molecular weight is 1290 g/mol. The molecule has 3 fully saturated rings. The van der Waals surface area contributed by atoms with Crippen LogP contribution in [0.2, 0.25) is 10.0 Å². The molecule has 16 rings (SSSR count). The van der Waals surface area contributed by atoms with Crippen molar-refractivity contribution in [3.8, 4) is 80.1 Å². The number of carbonyl (C=O) groups excluding carboxylic acids is 7. The van der Waals surface area contributed by atoms with Crippen LogP contribution < -0.4 is 51.4 Å². The van der Waals surface area contributed by atoms with Gasteiger partial charge in [0.2, 0.25) is 47.1 Å². The normalized spacial score (nSPS) is 24.3. The maximum atomic E-state index is 15.9. The fraction of sp³-hybridized carbons (Fsp3) is 0.246. The van der Waals surface area contributed by atoms with Gasteiger partial charge in [-0.05, 0) is 150 Å². The Balaban J connectivity index is 0.997. The molecule has 92 heavy (non-hydrogen) atoms. The van der Waals surface area contributed by atoms with E-state index in [1.807, 2.05) is 0 Å². The molecule has 0 aliphatic carbocycles. The molecule has 9 aliphatic heterocycles. The Morgan fingerprint density at radius 3 is 1.84 bits per heavy atom. The van der Waals surface area contributed by atoms with Crippen LogP contribution >= 0.6 is 23.2 Å². The molecule has 19 bridgehead atoms. The van der Waals surface area contributed by atoms with E-state index in [0.717, 1.165) is 68.4 Å². The molecular formula is C65H56Cl2N8O17. The number of aliphatic hydroxyl groups excluding tert-OH is 1. The lowest BCUT2D eigenvalue weighted by molar-refractivity contribution is -0.137. The minimum Gasteiger partial charge on any atom is -0.508 e. The summed E-state index contributed by atoms with van der Waals surface area (Å²) in [7, 11) is 0. The SMILES string of the molecule is O=C1Cc2ccc(O)c(c2)Oc2cc(O)cc(c2)[C@@H]2NC(=O)[C@@H](Cc3ccc(c(Cl)c3)Oc3cc4cc(c3O)Oc3ccc(cc3Cl)[C@@H](O)[C@@H]3NC(=O)[C@H](NC(=O)[C@@H]4NC2=O)c2ccc(O)c(c2)-c2c(O)cc(O)cc2[C@@H](C(=O)NC2CN4CCC2CC4)NC3=O)N1. The molecule has 27 heteroatoms. The summed E-state index contributed by atoms with van der Waals surface area (Å²) in [6.45, 7) is 2.10. The third-order valence-electron chi connectivity index (χ3n) is 17.2. The average Bonchev–Trinajstić information content (AvgIpc) is 0.805. The number of rotatable bonds is 2. The molecule has 0 aromatic heterocycles. The molecule has 9 aliphatic rings. The lowest BCUT2D eigenvalue weighted by atomic mass is 9.83. The summed E-state index contributed by atoms with van der Waals surface area (Å²) < 4.78 is 18.6. The number of carbonyl (C=O) groups is 7. The molecule has 25 nitrogen and oxygen atoms in total. The topological polar surface area (TPSA) is 376 Å². The first-order valence-corrected chi connectivity index (χ1v) is 29.9. The summed E-state index contributed by atoms with van der Waals surface area (Å²) in [6, 6.07) is 11.5. The number of benzene rings is 7. The Hall–Kier alpha value is -10.5. The van der Waals surface area contributed by atoms with Gasteiger partial charge in [-0.2, -0.15) is 0 Å². The number of phenolic OH excluding ortho intramolecular Hbond substituents is 6. The number of fused-ring (bicyclic) bond motifs is 17. The molecule has 1 unspecified atom stereocenters. The van der Waals surface area contributed by atoms with Gasteiger partial charge in [0.05, 0.1) is 16.5 Å². The van der Waals surface area contributed by atoms with Gasteiger partial charge in [0.15, 0.2) is 23.0 Å². The molecule has 3 saturated heterocycles. The van der Waals surface area contributed by atoms with E-state index in [1.54, 1.807) is 0 Å². The molecule has 0 radical (unpaired) electrons. The van der Waals surface area contributed by atoms with Crippen LogP contribution in [0.1, 0.15) is 82.1 Å². The minimum absolute atomic E-state index is 0.0603. The van der Waals surface area contributed by atoms with Crippen molar-refractivity contribution >= 4 is 64.6 Å². The van der Waals surface area contributed by atoms with Crippen LogP contribution in [0.4, 0.5) is 0 Å². The third kappa shape index (κ3) is 11.8. The van der Waals surface area contributed by atoms with Gasteiger partial charge in [-0.1, -0.05) is 47.5 Å². The lowest BCUT2D eigenvalue weighted by Crippen LogP contribution is -2.59. The second kappa shape index (κ2) is 24.0. The first-order valence-electron chi connectivity index (χ1n) is 29.1. The monoisotopic (exact) mass is 1290 g/mol. The summed E-state index contributed by atoms with van der Waals surface area (Å²) in [5, 5.41) is 100. The predicted octanol–water partition coefficient (Wildman–Crippen LogP) is 5.65. The first kappa shape index (κ1) is 60.4. The van der Waals surface area contributed by atoms with E-state index in [0.29, 0.717) is 17.7 Å². The second-order valence-electron chi connectivity index (χ2n) is 23.3. The fourth-order valence-corrected chi connectivity index (χ4v) is 13.1. The van der Waals surface area contributed by atoms with Crippen LogP contribution in [0, 0.1) is 5.92 Å². The van der Waals surface area contributed by atoms with Gasteiger partial charge >= 0.3 is 0 Å². The number of hydrogen-bond acceptors (Lipinski definition) is 18. The van der Waals surface area contributed by atoms with Crippen LogP contribution in [-0.2, 0) is 46.4 Å². The van der Waals surface area contributed by atoms with Crippen molar-refractivity contribution in [1.82, 2.24) is 42.1 Å². The number of ether oxygens (including phenoxy) is 3. The molecule has 14 N–H and O–H groups in total. The molecule has 7 amide bonds. The molecule has 8 atom stereocenters. The van der Waals surface area contributed by atoms with E-state index in [-0.39, 0.29) is 96.5 Å². The summed E-state index contributed by atoms with van der Waals surface area (Å²) in [4.78, 5) is 108. The molecule has 472 valence electrons. The minimum atomic E-state index is -2.13. The molecule has 0 saturated carbocycles. The van der Waals surface area contributed by atoms with Gasteiger partial charge in [-0.15, -0.1) is 0 Å². The van der Waals surface area contributed by atoms with Crippen LogP contribution in [0.3, 0.4) is 0 Å². The van der Waals surface area contributed by atoms with Crippen LogP contribution in [0.25, 0.3) is 11.1 Å². The Kier molecular flexibility index (Phi) is 15.8. The fourth-order valence-electron chi connectivity index (χ4n) is 12.6. The zero-order valence-electron chi connectivity index (χ0n) is 48.0. The van der Waals surface area contributed by atoms with Gasteiger partial charge in [0.25, 0.3) is 0 Å². The van der Waals surface area contributed by atoms with E-state index in [1.165, 1.54) is 72.8 Å². The van der Waals surface area contributed by atoms with Gasteiger partial charge in [-0.25, -0.2) is 0 Å². The summed E-state index contributed by atoms with van der Waals surface area (Å²) in [5.74, 6) is -12.5. The zero-order chi connectivity index (χ0) is 64.5. The smallest absolute Gasteiger partial charge is 0.248 e. The zero-order valence-corrected chi connectivity index (χ0v) is 49.5. The highest BCUT2D eigenvalue weighted by atomic mass is 35.5. The van der Waals surface area contributed by atoms with E-state index in [2.05, 4.69) is 42.1 Å². The highest BCUT2D eigenvalue weighted by Gasteiger charge is 2.43. The number of halogens is 2. The van der Waals surface area contributed by atoms with E-state index >= 15 is 19.2 Å². The number of phenols is 6. The van der Waals surface area contributed by atoms with Crippen molar-refractivity contribution in [1.29, 1.82) is 0 Å². The molecule has 9 heterocycles. The molecule has 7 aromatic carbocycles. The number of hydrogen-bond donors (Lipinski definition) is 14. The number of piperidine rings is 3. The van der Waals surface area contributed by atoms with Crippen molar-refractivity contribution in [3.05, 3.63) is 164 Å². The molecular weight excluding hydrogens is 1240 g/mol. The van der Waals surface area contributed by atoms with Gasteiger partial charge in [0.1, 0.15) is 82.6 Å². The van der Waals surface area contributed by atoms with Crippen molar-refractivity contribution in [2.24, 2.45) is 5.92 Å². The largest absolute Gasteiger partial charge is 0.508 e. The van der Waals surface area contributed by atoms with Gasteiger partial charge < -0.3 is 92.1 Å². The molecule has 7 aromatic rings. The maximum Gasteiger partial charge on any atom is 0.248 e. The van der Waals surface area contributed by atoms with Crippen LogP contribution in [0.5, 0.6) is 69.0 Å². The van der Waals surface area contributed by atoms with Crippen LogP contribution in [0.15, 0.2) is 115 Å². The number of nitrogens with zero attached hydrogens (tertiary/aromatic N) is 1. The van der Waals surface area contributed by atoms with E-state index in [9.17, 15) is 50.1 Å². The van der Waals surface area contributed by atoms with Crippen molar-refractivity contribution in [2.75, 3.05) is 19.6 Å². The lowest BCUT2D eigenvalue weighted by Gasteiger charge is -2.45. The molecule has 0 spiro atoms. The van der Waals surface area contributed by atoms with Crippen molar-refractivity contribution < 1.29 is 83.5 Å². The van der Waals surface area contributed by atoms with Crippen LogP contribution in [-0.4, -0.2) is 120 Å². The predicted molar refractivity (Wildman–Crippen MR) is 325 cm³/mol. The highest BCUT2D eigenvalue weighted by Crippen LogP contribution is 2.48. The van der Waals surface area contributed by atoms with Gasteiger partial charge in [0, 0.05) is 42.3 Å². The first-order chi connectivity index (χ1) is 44.1. The third-order valence-corrected chi connectivity index (χ3v) is 17.8. The Bertz CT molecular complexity index is 4280. The Morgan fingerprint density at radius 2 is 1.15 bits per heavy atom. The van der Waals surface area contributed by atoms with Crippen molar-refractivity contribution in [2.45, 2.75) is 74.1 Å². The summed E-state index contributed by atoms with van der Waals surface area (Å²) in [5.41, 5.74) is -0.953. The number of aliphatic hydroxyl groups is 1. The summed E-state index contributed by atoms with van der Waals surface area (Å²) >= 11 is 13.8. The summed E-state index contributed by atoms with van der Waals surface area (Å²) in [6.07, 6.45) is -1.14.